The maximum absolute atomic E-state index is 5.08. The summed E-state index contributed by atoms with van der Waals surface area (Å²) in [5.41, 5.74) is 3.17. The lowest BCUT2D eigenvalue weighted by atomic mass is 10.0. The van der Waals surface area contributed by atoms with Crippen molar-refractivity contribution in [3.05, 3.63) is 59.4 Å². The third-order valence-electron chi connectivity index (χ3n) is 3.58. The number of hydrogen-bond acceptors (Lipinski definition) is 2. The van der Waals surface area contributed by atoms with E-state index in [4.69, 9.17) is 4.74 Å². The summed E-state index contributed by atoms with van der Waals surface area (Å²) in [6.07, 6.45) is 8.05. The summed E-state index contributed by atoms with van der Waals surface area (Å²) in [5, 5.41) is 0. The Morgan fingerprint density at radius 3 is 2.41 bits per heavy atom. The van der Waals surface area contributed by atoms with Crippen LogP contribution in [0.4, 0.5) is 0 Å². The second-order valence-electron chi connectivity index (χ2n) is 5.34. The molecular formula is C20H23NO. The number of rotatable bonds is 6. The van der Waals surface area contributed by atoms with Gasteiger partial charge in [-0.25, -0.2) is 4.98 Å². The Labute approximate surface area is 133 Å². The van der Waals surface area contributed by atoms with Crippen LogP contribution in [0.15, 0.2) is 42.6 Å². The standard InChI is InChI=1S/C20H23NO/c1-3-4-5-6-7-17-8-10-18(11-9-17)12-13-19-14-15-20(22-2)16-21-19/h8-11,14-16H,3-7H2,1-2H3. The van der Waals surface area contributed by atoms with Crippen LogP contribution in [-0.4, -0.2) is 12.1 Å². The van der Waals surface area contributed by atoms with Gasteiger partial charge in [0.1, 0.15) is 11.4 Å². The summed E-state index contributed by atoms with van der Waals surface area (Å²) in [4.78, 5) is 4.24. The third kappa shape index (κ3) is 5.26. The van der Waals surface area contributed by atoms with Crippen LogP contribution in [0.2, 0.25) is 0 Å². The normalized spacial score (nSPS) is 9.91. The molecule has 0 atom stereocenters. The van der Waals surface area contributed by atoms with Gasteiger partial charge in [0.25, 0.3) is 0 Å². The second-order valence-corrected chi connectivity index (χ2v) is 5.34. The summed E-state index contributed by atoms with van der Waals surface area (Å²) in [6.45, 7) is 2.24. The van der Waals surface area contributed by atoms with Crippen molar-refractivity contribution in [2.75, 3.05) is 7.11 Å². The number of nitrogens with zero attached hydrogens (tertiary/aromatic N) is 1. The summed E-state index contributed by atoms with van der Waals surface area (Å²) < 4.78 is 5.08. The van der Waals surface area contributed by atoms with Gasteiger partial charge in [-0.05, 0) is 48.6 Å². The fraction of sp³-hybridized carbons (Fsp3) is 0.350. The van der Waals surface area contributed by atoms with Crippen molar-refractivity contribution in [1.82, 2.24) is 4.98 Å². The highest BCUT2D eigenvalue weighted by molar-refractivity contribution is 5.41. The molecule has 0 spiro atoms. The summed E-state index contributed by atoms with van der Waals surface area (Å²) in [6, 6.07) is 12.3. The molecule has 22 heavy (non-hydrogen) atoms. The monoisotopic (exact) mass is 293 g/mol. The summed E-state index contributed by atoms with van der Waals surface area (Å²) in [5.74, 6) is 6.97. The number of hydrogen-bond donors (Lipinski definition) is 0. The second kappa shape index (κ2) is 8.89. The van der Waals surface area contributed by atoms with Crippen molar-refractivity contribution in [3.8, 4) is 17.6 Å². The zero-order chi connectivity index (χ0) is 15.6. The average molecular weight is 293 g/mol. The van der Waals surface area contributed by atoms with Gasteiger partial charge >= 0.3 is 0 Å². The number of aromatic nitrogens is 1. The smallest absolute Gasteiger partial charge is 0.137 e. The lowest BCUT2D eigenvalue weighted by Crippen LogP contribution is -1.87. The molecule has 0 unspecified atom stereocenters. The van der Waals surface area contributed by atoms with Crippen molar-refractivity contribution in [2.45, 2.75) is 39.0 Å². The molecule has 1 aromatic carbocycles. The number of aryl methyl sites for hydroxylation is 1. The van der Waals surface area contributed by atoms with Crippen molar-refractivity contribution in [3.63, 3.8) is 0 Å². The van der Waals surface area contributed by atoms with E-state index in [0.717, 1.165) is 23.4 Å². The van der Waals surface area contributed by atoms with Crippen LogP contribution in [-0.2, 0) is 6.42 Å². The van der Waals surface area contributed by atoms with E-state index in [0.29, 0.717) is 0 Å². The first-order valence-corrected chi connectivity index (χ1v) is 7.93. The highest BCUT2D eigenvalue weighted by atomic mass is 16.5. The van der Waals surface area contributed by atoms with Crippen molar-refractivity contribution in [1.29, 1.82) is 0 Å². The van der Waals surface area contributed by atoms with E-state index >= 15 is 0 Å². The van der Waals surface area contributed by atoms with E-state index in [1.165, 1.54) is 31.2 Å². The minimum absolute atomic E-state index is 0.748. The Morgan fingerprint density at radius 2 is 1.77 bits per heavy atom. The number of ether oxygens (including phenoxy) is 1. The quantitative estimate of drug-likeness (QED) is 0.573. The number of unbranched alkanes of at least 4 members (excludes halogenated alkanes) is 3. The molecule has 0 aliphatic rings. The average Bonchev–Trinajstić information content (AvgIpc) is 2.58. The largest absolute Gasteiger partial charge is 0.495 e. The molecule has 2 nitrogen and oxygen atoms in total. The molecule has 2 heteroatoms. The van der Waals surface area contributed by atoms with Crippen LogP contribution >= 0.6 is 0 Å². The molecule has 0 saturated heterocycles. The van der Waals surface area contributed by atoms with Crippen LogP contribution in [0, 0.1) is 11.8 Å². The Hall–Kier alpha value is -2.27. The first-order chi connectivity index (χ1) is 10.8. The van der Waals surface area contributed by atoms with Crippen LogP contribution in [0.5, 0.6) is 5.75 Å². The SMILES string of the molecule is CCCCCCc1ccc(C#Cc2ccc(OC)cn2)cc1. The first-order valence-electron chi connectivity index (χ1n) is 7.93. The van der Waals surface area contributed by atoms with E-state index in [-0.39, 0.29) is 0 Å². The molecule has 0 aliphatic carbocycles. The van der Waals surface area contributed by atoms with Gasteiger partial charge < -0.3 is 4.74 Å². The number of methoxy groups -OCH3 is 1. The zero-order valence-corrected chi connectivity index (χ0v) is 13.4. The maximum atomic E-state index is 5.08. The molecule has 1 aromatic heterocycles. The predicted octanol–water partition coefficient (Wildman–Crippen LogP) is 4.61. The van der Waals surface area contributed by atoms with Gasteiger partial charge in [0.05, 0.1) is 13.3 Å². The Bertz CT molecular complexity index is 617. The maximum Gasteiger partial charge on any atom is 0.137 e. The summed E-state index contributed by atoms with van der Waals surface area (Å²) >= 11 is 0. The van der Waals surface area contributed by atoms with Gasteiger partial charge in [-0.15, -0.1) is 0 Å². The third-order valence-corrected chi connectivity index (χ3v) is 3.58. The highest BCUT2D eigenvalue weighted by Crippen LogP contribution is 2.10. The first kappa shape index (κ1) is 16.1. The molecule has 114 valence electrons. The molecule has 0 amide bonds. The molecule has 0 saturated carbocycles. The van der Waals surface area contributed by atoms with Crippen molar-refractivity contribution < 1.29 is 4.74 Å². The molecule has 0 aliphatic heterocycles. The Morgan fingerprint density at radius 1 is 0.955 bits per heavy atom. The highest BCUT2D eigenvalue weighted by Gasteiger charge is 1.95. The molecule has 0 bridgehead atoms. The van der Waals surface area contributed by atoms with E-state index in [9.17, 15) is 0 Å². The fourth-order valence-electron chi connectivity index (χ4n) is 2.22. The van der Waals surface area contributed by atoms with Crippen LogP contribution in [0.1, 0.15) is 49.4 Å². The molecular weight excluding hydrogens is 270 g/mol. The lowest BCUT2D eigenvalue weighted by molar-refractivity contribution is 0.413. The van der Waals surface area contributed by atoms with Gasteiger partial charge in [-0.1, -0.05) is 44.2 Å². The van der Waals surface area contributed by atoms with E-state index in [1.54, 1.807) is 13.3 Å². The van der Waals surface area contributed by atoms with Crippen molar-refractivity contribution >= 4 is 0 Å². The number of pyridine rings is 1. The minimum Gasteiger partial charge on any atom is -0.495 e. The van der Waals surface area contributed by atoms with E-state index in [1.807, 2.05) is 12.1 Å². The Balaban J connectivity index is 1.92. The topological polar surface area (TPSA) is 22.1 Å². The van der Waals surface area contributed by atoms with Gasteiger partial charge in [0, 0.05) is 5.56 Å². The molecule has 0 fully saturated rings. The molecule has 0 N–H and O–H groups in total. The zero-order valence-electron chi connectivity index (χ0n) is 13.4. The molecule has 1 heterocycles. The van der Waals surface area contributed by atoms with Crippen LogP contribution < -0.4 is 4.74 Å². The van der Waals surface area contributed by atoms with Crippen LogP contribution in [0.3, 0.4) is 0 Å². The van der Waals surface area contributed by atoms with Gasteiger partial charge in [0.2, 0.25) is 0 Å². The predicted molar refractivity (Wildman–Crippen MR) is 91.1 cm³/mol. The molecule has 2 rings (SSSR count). The molecule has 2 aromatic rings. The summed E-state index contributed by atoms with van der Waals surface area (Å²) in [7, 11) is 1.63. The minimum atomic E-state index is 0.748. The number of benzene rings is 1. The van der Waals surface area contributed by atoms with Crippen molar-refractivity contribution in [2.24, 2.45) is 0 Å². The van der Waals surface area contributed by atoms with Crippen LogP contribution in [0.25, 0.3) is 0 Å². The molecule has 0 radical (unpaired) electrons. The fourth-order valence-corrected chi connectivity index (χ4v) is 2.22. The van der Waals surface area contributed by atoms with Gasteiger partial charge in [-0.3, -0.25) is 0 Å². The van der Waals surface area contributed by atoms with Gasteiger partial charge in [-0.2, -0.15) is 0 Å². The van der Waals surface area contributed by atoms with E-state index in [2.05, 4.69) is 48.0 Å². The van der Waals surface area contributed by atoms with Gasteiger partial charge in [0.15, 0.2) is 0 Å². The Kier molecular flexibility index (Phi) is 6.51. The lowest BCUT2D eigenvalue weighted by Gasteiger charge is -2.01. The van der Waals surface area contributed by atoms with E-state index < -0.39 is 0 Å².